The van der Waals surface area contributed by atoms with Crippen molar-refractivity contribution in [3.05, 3.63) is 0 Å². The van der Waals surface area contributed by atoms with Gasteiger partial charge in [-0.1, -0.05) is 27.7 Å². The molecule has 0 spiro atoms. The van der Waals surface area contributed by atoms with Crippen molar-refractivity contribution in [1.29, 1.82) is 5.41 Å². The van der Waals surface area contributed by atoms with E-state index in [1.54, 1.807) is 0 Å². The van der Waals surface area contributed by atoms with Crippen LogP contribution in [0, 0.1) is 22.7 Å². The average Bonchev–Trinajstić information content (AvgIpc) is 2.20. The van der Waals surface area contributed by atoms with E-state index in [0.717, 1.165) is 24.8 Å². The number of nitrogens with two attached hydrogens (primary N) is 1. The Morgan fingerprint density at radius 2 is 2.00 bits per heavy atom. The van der Waals surface area contributed by atoms with Gasteiger partial charge in [0.25, 0.3) is 0 Å². The summed E-state index contributed by atoms with van der Waals surface area (Å²) < 4.78 is 0. The van der Waals surface area contributed by atoms with Crippen molar-refractivity contribution in [1.82, 2.24) is 4.90 Å². The molecule has 0 aromatic heterocycles. The second-order valence-electron chi connectivity index (χ2n) is 6.09. The molecule has 0 amide bonds. The van der Waals surface area contributed by atoms with Crippen molar-refractivity contribution in [2.75, 3.05) is 19.6 Å². The summed E-state index contributed by atoms with van der Waals surface area (Å²) in [6, 6.07) is 0. The summed E-state index contributed by atoms with van der Waals surface area (Å²) in [6.07, 6.45) is 2.30. The summed E-state index contributed by atoms with van der Waals surface area (Å²) >= 11 is 0. The first-order valence-corrected chi connectivity index (χ1v) is 6.40. The molecular weight excluding hydrogens is 198 g/mol. The summed E-state index contributed by atoms with van der Waals surface area (Å²) in [7, 11) is 0. The molecule has 1 heterocycles. The van der Waals surface area contributed by atoms with Crippen LogP contribution in [0.4, 0.5) is 0 Å². The van der Waals surface area contributed by atoms with E-state index in [1.807, 2.05) is 0 Å². The minimum Gasteiger partial charge on any atom is -0.387 e. The van der Waals surface area contributed by atoms with Crippen molar-refractivity contribution in [2.45, 2.75) is 40.5 Å². The average molecular weight is 225 g/mol. The minimum atomic E-state index is -0.147. The molecule has 1 aliphatic heterocycles. The maximum Gasteiger partial charge on any atom is 0.0963 e. The molecule has 1 aliphatic rings. The van der Waals surface area contributed by atoms with Gasteiger partial charge in [-0.2, -0.15) is 0 Å². The highest BCUT2D eigenvalue weighted by Gasteiger charge is 2.26. The second-order valence-corrected chi connectivity index (χ2v) is 6.09. The number of hydrogen-bond acceptors (Lipinski definition) is 2. The SMILES string of the molecule is CC1CCN(CCC(C)(C)C(=N)N)CC1C. The second kappa shape index (κ2) is 5.17. The fraction of sp³-hybridized carbons (Fsp3) is 0.923. The summed E-state index contributed by atoms with van der Waals surface area (Å²) in [5, 5.41) is 7.55. The van der Waals surface area contributed by atoms with Crippen LogP contribution in [-0.4, -0.2) is 30.4 Å². The van der Waals surface area contributed by atoms with Gasteiger partial charge in [-0.25, -0.2) is 0 Å². The molecule has 1 rings (SSSR count). The Morgan fingerprint density at radius 3 is 2.50 bits per heavy atom. The molecule has 0 aliphatic carbocycles. The molecule has 0 radical (unpaired) electrons. The lowest BCUT2D eigenvalue weighted by atomic mass is 9.85. The van der Waals surface area contributed by atoms with E-state index < -0.39 is 0 Å². The number of piperidine rings is 1. The molecular formula is C13H27N3. The molecule has 0 aromatic carbocycles. The van der Waals surface area contributed by atoms with Crippen LogP contribution in [0.1, 0.15) is 40.5 Å². The van der Waals surface area contributed by atoms with Crippen LogP contribution in [0.2, 0.25) is 0 Å². The number of amidine groups is 1. The number of hydrogen-bond donors (Lipinski definition) is 2. The van der Waals surface area contributed by atoms with Gasteiger partial charge in [-0.3, -0.25) is 5.41 Å². The minimum absolute atomic E-state index is 0.147. The van der Waals surface area contributed by atoms with Crippen LogP contribution in [0.15, 0.2) is 0 Å². The molecule has 16 heavy (non-hydrogen) atoms. The normalized spacial score (nSPS) is 28.0. The molecule has 94 valence electrons. The third-order valence-electron chi connectivity index (χ3n) is 4.20. The number of nitrogens with zero attached hydrogens (tertiary/aromatic N) is 1. The predicted octanol–water partition coefficient (Wildman–Crippen LogP) is 2.32. The van der Waals surface area contributed by atoms with Gasteiger partial charge in [-0.15, -0.1) is 0 Å². The highest BCUT2D eigenvalue weighted by molar-refractivity contribution is 5.82. The lowest BCUT2D eigenvalue weighted by Gasteiger charge is -2.36. The molecule has 3 nitrogen and oxygen atoms in total. The van der Waals surface area contributed by atoms with Gasteiger partial charge in [0, 0.05) is 12.0 Å². The van der Waals surface area contributed by atoms with Crippen molar-refractivity contribution in [2.24, 2.45) is 23.0 Å². The van der Waals surface area contributed by atoms with Crippen molar-refractivity contribution >= 4 is 5.84 Å². The molecule has 3 heteroatoms. The van der Waals surface area contributed by atoms with Crippen LogP contribution < -0.4 is 5.73 Å². The summed E-state index contributed by atoms with van der Waals surface area (Å²) in [6.45, 7) is 12.3. The standard InChI is InChI=1S/C13H27N3/c1-10-5-7-16(9-11(10)2)8-6-13(3,4)12(14)15/h10-11H,5-9H2,1-4H3,(H3,14,15). The molecule has 1 fully saturated rings. The Balaban J connectivity index is 2.36. The Bertz CT molecular complexity index is 248. The highest BCUT2D eigenvalue weighted by Crippen LogP contribution is 2.25. The van der Waals surface area contributed by atoms with Crippen molar-refractivity contribution < 1.29 is 0 Å². The Labute approximate surface area is 99.9 Å². The molecule has 0 bridgehead atoms. The smallest absolute Gasteiger partial charge is 0.0963 e. The molecule has 1 saturated heterocycles. The van der Waals surface area contributed by atoms with Crippen molar-refractivity contribution in [3.63, 3.8) is 0 Å². The quantitative estimate of drug-likeness (QED) is 0.570. The van der Waals surface area contributed by atoms with Crippen LogP contribution in [0.25, 0.3) is 0 Å². The van der Waals surface area contributed by atoms with E-state index in [4.69, 9.17) is 11.1 Å². The van der Waals surface area contributed by atoms with Gasteiger partial charge in [0.2, 0.25) is 0 Å². The third kappa shape index (κ3) is 3.48. The summed E-state index contributed by atoms with van der Waals surface area (Å²) in [4.78, 5) is 2.52. The van der Waals surface area contributed by atoms with E-state index >= 15 is 0 Å². The van der Waals surface area contributed by atoms with Crippen LogP contribution in [0.5, 0.6) is 0 Å². The first-order valence-electron chi connectivity index (χ1n) is 6.40. The van der Waals surface area contributed by atoms with Gasteiger partial charge in [0.15, 0.2) is 0 Å². The largest absolute Gasteiger partial charge is 0.387 e. The zero-order valence-electron chi connectivity index (χ0n) is 11.2. The number of rotatable bonds is 4. The first-order chi connectivity index (χ1) is 7.33. The van der Waals surface area contributed by atoms with E-state index in [0.29, 0.717) is 5.84 Å². The topological polar surface area (TPSA) is 53.1 Å². The van der Waals surface area contributed by atoms with Crippen LogP contribution in [0.3, 0.4) is 0 Å². The van der Waals surface area contributed by atoms with E-state index in [-0.39, 0.29) is 5.41 Å². The fourth-order valence-corrected chi connectivity index (χ4v) is 2.12. The lowest BCUT2D eigenvalue weighted by Crippen LogP contribution is -2.41. The highest BCUT2D eigenvalue weighted by atomic mass is 15.1. The molecule has 3 N–H and O–H groups in total. The van der Waals surface area contributed by atoms with Gasteiger partial charge in [0.05, 0.1) is 5.84 Å². The van der Waals surface area contributed by atoms with Crippen molar-refractivity contribution in [3.8, 4) is 0 Å². The first kappa shape index (κ1) is 13.5. The molecule has 0 aromatic rings. The molecule has 2 atom stereocenters. The molecule has 0 saturated carbocycles. The lowest BCUT2D eigenvalue weighted by molar-refractivity contribution is 0.129. The maximum atomic E-state index is 7.55. The van der Waals surface area contributed by atoms with Crippen LogP contribution >= 0.6 is 0 Å². The Morgan fingerprint density at radius 1 is 1.38 bits per heavy atom. The van der Waals surface area contributed by atoms with E-state index in [9.17, 15) is 0 Å². The summed E-state index contributed by atoms with van der Waals surface area (Å²) in [5.41, 5.74) is 5.45. The summed E-state index contributed by atoms with van der Waals surface area (Å²) in [5.74, 6) is 1.97. The number of likely N-dealkylation sites (tertiary alicyclic amines) is 1. The Kier molecular flexibility index (Phi) is 4.36. The van der Waals surface area contributed by atoms with E-state index in [2.05, 4.69) is 32.6 Å². The molecule has 2 unspecified atom stereocenters. The van der Waals surface area contributed by atoms with Gasteiger partial charge < -0.3 is 10.6 Å². The number of nitrogens with one attached hydrogen (secondary N) is 1. The zero-order chi connectivity index (χ0) is 12.3. The van der Waals surface area contributed by atoms with Gasteiger partial charge in [0.1, 0.15) is 0 Å². The Hall–Kier alpha value is -0.570. The monoisotopic (exact) mass is 225 g/mol. The zero-order valence-corrected chi connectivity index (χ0v) is 11.2. The van der Waals surface area contributed by atoms with Crippen LogP contribution in [-0.2, 0) is 0 Å². The van der Waals surface area contributed by atoms with Gasteiger partial charge in [-0.05, 0) is 37.8 Å². The fourth-order valence-electron chi connectivity index (χ4n) is 2.12. The van der Waals surface area contributed by atoms with E-state index in [1.165, 1.54) is 19.5 Å². The third-order valence-corrected chi connectivity index (χ3v) is 4.20. The van der Waals surface area contributed by atoms with Gasteiger partial charge >= 0.3 is 0 Å². The maximum absolute atomic E-state index is 7.55. The predicted molar refractivity (Wildman–Crippen MR) is 69.7 cm³/mol.